The Labute approximate surface area is 111 Å². The van der Waals surface area contributed by atoms with Crippen LogP contribution < -0.4 is 10.6 Å². The summed E-state index contributed by atoms with van der Waals surface area (Å²) in [6, 6.07) is 6.56. The number of hydrogen-bond acceptors (Lipinski definition) is 3. The molecule has 3 N–H and O–H groups in total. The minimum absolute atomic E-state index is 0.0394. The van der Waals surface area contributed by atoms with Gasteiger partial charge in [0.2, 0.25) is 11.8 Å². The number of aromatic hydroxyl groups is 1. The lowest BCUT2D eigenvalue weighted by molar-refractivity contribution is -0.124. The molecule has 5 heteroatoms. The molecule has 2 fully saturated rings. The van der Waals surface area contributed by atoms with Crippen LogP contribution in [0, 0.1) is 11.3 Å². The molecule has 5 nitrogen and oxygen atoms in total. The fraction of sp³-hybridized carbons (Fsp3) is 0.429. The minimum Gasteiger partial charge on any atom is -0.506 e. The maximum Gasteiger partial charge on any atom is 0.226 e. The number of anilines is 1. The van der Waals surface area contributed by atoms with Gasteiger partial charge in [0.1, 0.15) is 5.75 Å². The quantitative estimate of drug-likeness (QED) is 0.697. The number of phenolic OH excluding ortho intramolecular Hbond substituents is 1. The van der Waals surface area contributed by atoms with E-state index in [4.69, 9.17) is 0 Å². The van der Waals surface area contributed by atoms with Crippen molar-refractivity contribution in [3.63, 3.8) is 0 Å². The van der Waals surface area contributed by atoms with Crippen molar-refractivity contribution in [3.8, 4) is 5.75 Å². The van der Waals surface area contributed by atoms with E-state index >= 15 is 0 Å². The highest BCUT2D eigenvalue weighted by Crippen LogP contribution is 2.75. The van der Waals surface area contributed by atoms with Crippen molar-refractivity contribution < 1.29 is 14.7 Å². The number of carbonyl (C=O) groups is 2. The molecule has 2 aliphatic carbocycles. The molecule has 2 amide bonds. The molecule has 0 bridgehead atoms. The summed E-state index contributed by atoms with van der Waals surface area (Å²) >= 11 is 0. The maximum absolute atomic E-state index is 11.7. The van der Waals surface area contributed by atoms with Crippen molar-refractivity contribution in [2.24, 2.45) is 11.3 Å². The van der Waals surface area contributed by atoms with Gasteiger partial charge in [-0.15, -0.1) is 0 Å². The lowest BCUT2D eigenvalue weighted by atomic mass is 10.2. The predicted octanol–water partition coefficient (Wildman–Crippen LogP) is 1.25. The van der Waals surface area contributed by atoms with Gasteiger partial charge in [0, 0.05) is 13.0 Å². The van der Waals surface area contributed by atoms with Crippen LogP contribution in [0.2, 0.25) is 0 Å². The molecule has 0 aliphatic heterocycles. The maximum atomic E-state index is 11.7. The lowest BCUT2D eigenvalue weighted by Crippen LogP contribution is -2.31. The number of rotatable bonds is 5. The van der Waals surface area contributed by atoms with E-state index in [0.717, 1.165) is 12.8 Å². The van der Waals surface area contributed by atoms with Gasteiger partial charge in [-0.3, -0.25) is 9.59 Å². The minimum atomic E-state index is -0.220. The Morgan fingerprint density at radius 3 is 2.63 bits per heavy atom. The normalized spacial score (nSPS) is 26.2. The summed E-state index contributed by atoms with van der Waals surface area (Å²) in [6.07, 6.45) is 2.24. The molecule has 0 saturated heterocycles. The fourth-order valence-corrected chi connectivity index (χ4v) is 2.33. The average Bonchev–Trinajstić information content (AvgIpc) is 3.20. The van der Waals surface area contributed by atoms with Crippen molar-refractivity contribution in [3.05, 3.63) is 24.3 Å². The zero-order valence-corrected chi connectivity index (χ0v) is 10.5. The standard InChI is InChI=1S/C14H16N2O3/c17-11-4-2-1-3-10(11)16-12(18)5-6-15-13(19)14-7-9(14)8-14/h1-4,9,17H,5-8H2,(H,15,19)(H,16,18). The van der Waals surface area contributed by atoms with Gasteiger partial charge in [-0.2, -0.15) is 0 Å². The Balaban J connectivity index is 1.41. The second-order valence-electron chi connectivity index (χ2n) is 5.33. The van der Waals surface area contributed by atoms with Crippen molar-refractivity contribution in [1.29, 1.82) is 0 Å². The highest BCUT2D eigenvalue weighted by Gasteiger charge is 2.74. The third kappa shape index (κ3) is 2.28. The second kappa shape index (κ2) is 4.26. The smallest absolute Gasteiger partial charge is 0.226 e. The van der Waals surface area contributed by atoms with Gasteiger partial charge >= 0.3 is 0 Å². The number of phenols is 1. The summed E-state index contributed by atoms with van der Waals surface area (Å²) in [4.78, 5) is 23.3. The van der Waals surface area contributed by atoms with E-state index in [2.05, 4.69) is 10.6 Å². The molecule has 3 rings (SSSR count). The Morgan fingerprint density at radius 1 is 1.32 bits per heavy atom. The summed E-state index contributed by atoms with van der Waals surface area (Å²) in [5, 5.41) is 14.9. The second-order valence-corrected chi connectivity index (χ2v) is 5.33. The van der Waals surface area contributed by atoms with Crippen LogP contribution >= 0.6 is 0 Å². The third-order valence-corrected chi connectivity index (χ3v) is 3.95. The molecule has 2 saturated carbocycles. The van der Waals surface area contributed by atoms with E-state index in [9.17, 15) is 14.7 Å². The highest BCUT2D eigenvalue weighted by atomic mass is 16.3. The van der Waals surface area contributed by atoms with Crippen LogP contribution in [0.15, 0.2) is 24.3 Å². The summed E-state index contributed by atoms with van der Waals surface area (Å²) in [5.41, 5.74) is 0.343. The first-order chi connectivity index (χ1) is 9.12. The van der Waals surface area contributed by atoms with Gasteiger partial charge < -0.3 is 15.7 Å². The molecule has 2 aliphatic rings. The molecule has 0 unspecified atom stereocenters. The Morgan fingerprint density at radius 2 is 2.00 bits per heavy atom. The summed E-state index contributed by atoms with van der Waals surface area (Å²) in [7, 11) is 0. The average molecular weight is 260 g/mol. The van der Waals surface area contributed by atoms with E-state index in [1.807, 2.05) is 0 Å². The van der Waals surface area contributed by atoms with Crippen molar-refractivity contribution in [2.45, 2.75) is 19.3 Å². The number of carbonyl (C=O) groups excluding carboxylic acids is 2. The summed E-state index contributed by atoms with van der Waals surface area (Å²) < 4.78 is 0. The first kappa shape index (κ1) is 12.0. The molecule has 0 radical (unpaired) electrons. The van der Waals surface area contributed by atoms with E-state index in [1.165, 1.54) is 6.07 Å². The Bertz CT molecular complexity index is 535. The van der Waals surface area contributed by atoms with Crippen LogP contribution in [-0.2, 0) is 9.59 Å². The van der Waals surface area contributed by atoms with E-state index in [-0.39, 0.29) is 29.4 Å². The number of nitrogens with one attached hydrogen (secondary N) is 2. The number of para-hydroxylation sites is 2. The molecule has 0 aromatic heterocycles. The number of hydrogen-bond donors (Lipinski definition) is 3. The van der Waals surface area contributed by atoms with Gasteiger partial charge in [0.15, 0.2) is 0 Å². The van der Waals surface area contributed by atoms with Crippen molar-refractivity contribution in [2.75, 3.05) is 11.9 Å². The van der Waals surface area contributed by atoms with Crippen molar-refractivity contribution in [1.82, 2.24) is 5.32 Å². The molecule has 100 valence electrons. The van der Waals surface area contributed by atoms with Gasteiger partial charge in [0.25, 0.3) is 0 Å². The molecule has 19 heavy (non-hydrogen) atoms. The molecule has 1 aromatic carbocycles. The number of benzene rings is 1. The van der Waals surface area contributed by atoms with Crippen LogP contribution in [0.4, 0.5) is 5.69 Å². The topological polar surface area (TPSA) is 78.4 Å². The van der Waals surface area contributed by atoms with Crippen LogP contribution in [-0.4, -0.2) is 23.5 Å². The van der Waals surface area contributed by atoms with Gasteiger partial charge in [-0.25, -0.2) is 0 Å². The Hall–Kier alpha value is -2.04. The zero-order chi connectivity index (χ0) is 13.5. The number of fused-ring (bicyclic) bond motifs is 1. The SMILES string of the molecule is O=C(CCNC(=O)C12CC1C2)Nc1ccccc1O. The van der Waals surface area contributed by atoms with Crippen LogP contribution in [0.1, 0.15) is 19.3 Å². The van der Waals surface area contributed by atoms with Crippen molar-refractivity contribution >= 4 is 17.5 Å². The number of amides is 2. The van der Waals surface area contributed by atoms with Crippen LogP contribution in [0.3, 0.4) is 0 Å². The van der Waals surface area contributed by atoms with E-state index in [0.29, 0.717) is 18.2 Å². The fourth-order valence-electron chi connectivity index (χ4n) is 2.33. The van der Waals surface area contributed by atoms with Crippen LogP contribution in [0.25, 0.3) is 0 Å². The first-order valence-corrected chi connectivity index (χ1v) is 6.48. The summed E-state index contributed by atoms with van der Waals surface area (Å²) in [6.45, 7) is 0.340. The monoisotopic (exact) mass is 260 g/mol. The molecule has 1 aromatic rings. The molecular weight excluding hydrogens is 244 g/mol. The van der Waals surface area contributed by atoms with Gasteiger partial charge in [-0.1, -0.05) is 12.1 Å². The molecule has 0 spiro atoms. The van der Waals surface area contributed by atoms with Gasteiger partial charge in [-0.05, 0) is 30.9 Å². The lowest BCUT2D eigenvalue weighted by Gasteiger charge is -2.08. The zero-order valence-electron chi connectivity index (χ0n) is 10.5. The predicted molar refractivity (Wildman–Crippen MR) is 69.5 cm³/mol. The molecule has 0 heterocycles. The Kier molecular flexibility index (Phi) is 2.69. The van der Waals surface area contributed by atoms with Crippen LogP contribution in [0.5, 0.6) is 5.75 Å². The van der Waals surface area contributed by atoms with E-state index < -0.39 is 0 Å². The third-order valence-electron chi connectivity index (χ3n) is 3.95. The highest BCUT2D eigenvalue weighted by molar-refractivity contribution is 5.93. The molecular formula is C14H16N2O3. The summed E-state index contributed by atoms with van der Waals surface area (Å²) in [5.74, 6) is 0.524. The first-order valence-electron chi connectivity index (χ1n) is 6.48. The van der Waals surface area contributed by atoms with E-state index in [1.54, 1.807) is 18.2 Å². The molecule has 0 atom stereocenters. The largest absolute Gasteiger partial charge is 0.506 e. The van der Waals surface area contributed by atoms with Gasteiger partial charge in [0.05, 0.1) is 11.1 Å².